The fourth-order valence-corrected chi connectivity index (χ4v) is 9.75. The Morgan fingerprint density at radius 3 is 2.31 bits per heavy atom. The zero-order valence-corrected chi connectivity index (χ0v) is 31.7. The molecule has 2 aliphatic heterocycles. The fraction of sp³-hybridized carbons (Fsp3) is 0.302. The third-order valence-electron chi connectivity index (χ3n) is 11.7. The molecule has 0 bridgehead atoms. The molecule has 3 fully saturated rings. The number of halogens is 2. The molecular formula is C43H39Cl2N3O7. The highest BCUT2D eigenvalue weighted by molar-refractivity contribution is 6.36. The van der Waals surface area contributed by atoms with E-state index in [4.69, 9.17) is 32.7 Å². The summed E-state index contributed by atoms with van der Waals surface area (Å²) >= 11 is 12.7. The Morgan fingerprint density at radius 2 is 1.62 bits per heavy atom. The van der Waals surface area contributed by atoms with Crippen LogP contribution in [0.2, 0.25) is 10.0 Å². The molecule has 6 unspecified atom stereocenters. The van der Waals surface area contributed by atoms with E-state index in [2.05, 4.69) is 5.43 Å². The van der Waals surface area contributed by atoms with Gasteiger partial charge in [0.1, 0.15) is 23.9 Å². The summed E-state index contributed by atoms with van der Waals surface area (Å²) in [6, 6.07) is 26.3. The van der Waals surface area contributed by atoms with Crippen LogP contribution in [0.5, 0.6) is 17.2 Å². The molecule has 6 atom stereocenters. The van der Waals surface area contributed by atoms with Crippen molar-refractivity contribution in [3.8, 4) is 17.2 Å². The monoisotopic (exact) mass is 779 g/mol. The number of carbonyl (C=O) groups is 4. The molecule has 8 rings (SSSR count). The number of phenolic OH excluding ortho intramolecular Hbond substituents is 1. The average Bonchev–Trinajstić information content (AvgIpc) is 3.56. The molecule has 10 nitrogen and oxygen atoms in total. The van der Waals surface area contributed by atoms with Gasteiger partial charge in [0.15, 0.2) is 0 Å². The van der Waals surface area contributed by atoms with E-state index in [1.54, 1.807) is 55.6 Å². The fourth-order valence-electron chi connectivity index (χ4n) is 9.30. The Labute approximate surface area is 328 Å². The number of amides is 4. The number of carbonyl (C=O) groups excluding carboxylic acids is 4. The molecule has 0 spiro atoms. The summed E-state index contributed by atoms with van der Waals surface area (Å²) in [6.07, 6.45) is 2.97. The molecule has 2 saturated heterocycles. The lowest BCUT2D eigenvalue weighted by molar-refractivity contribution is -0.141. The minimum absolute atomic E-state index is 0.116. The lowest BCUT2D eigenvalue weighted by Gasteiger charge is -2.50. The third-order valence-corrected chi connectivity index (χ3v) is 12.2. The van der Waals surface area contributed by atoms with Crippen molar-refractivity contribution in [1.82, 2.24) is 9.91 Å². The first-order valence-electron chi connectivity index (χ1n) is 18.4. The van der Waals surface area contributed by atoms with Gasteiger partial charge in [-0.25, -0.2) is 0 Å². The van der Waals surface area contributed by atoms with Crippen molar-refractivity contribution in [1.29, 1.82) is 0 Å². The van der Waals surface area contributed by atoms with Gasteiger partial charge >= 0.3 is 0 Å². The number of ether oxygens (including phenoxy) is 2. The lowest BCUT2D eigenvalue weighted by atomic mass is 9.49. The van der Waals surface area contributed by atoms with Crippen molar-refractivity contribution in [2.75, 3.05) is 19.1 Å². The van der Waals surface area contributed by atoms with Gasteiger partial charge in [0.25, 0.3) is 11.8 Å². The van der Waals surface area contributed by atoms with Crippen molar-refractivity contribution in [3.05, 3.63) is 129 Å². The van der Waals surface area contributed by atoms with Gasteiger partial charge < -0.3 is 14.6 Å². The van der Waals surface area contributed by atoms with Crippen LogP contribution < -0.4 is 14.9 Å². The smallest absolute Gasteiger partial charge is 0.260 e. The van der Waals surface area contributed by atoms with Crippen molar-refractivity contribution in [3.63, 3.8) is 0 Å². The maximum atomic E-state index is 15.5. The number of likely N-dealkylation sites (tertiary alicyclic amines) is 1. The summed E-state index contributed by atoms with van der Waals surface area (Å²) in [5, 5.41) is 13.6. The zero-order valence-electron chi connectivity index (χ0n) is 30.2. The van der Waals surface area contributed by atoms with Crippen LogP contribution in [0.1, 0.15) is 48.8 Å². The highest BCUT2D eigenvalue weighted by atomic mass is 35.5. The summed E-state index contributed by atoms with van der Waals surface area (Å²) in [7, 11) is 1.54. The number of benzene rings is 4. The zero-order chi connectivity index (χ0) is 38.6. The van der Waals surface area contributed by atoms with Gasteiger partial charge in [-0.15, -0.1) is 0 Å². The SMILES string of the molecule is CCCN1C(=O)C2CC=C3C(CC4C(=O)N(Nc5ccc(Cl)cc5Cl)C(=O)C4(c4ccc(OC)cc4)C3c3ccc(OCc4ccccc4)cc3O)C2C1=O. The number of hydrogen-bond donors (Lipinski definition) is 2. The standard InChI is InChI=1S/C43H39Cl2N3O7/c1-3-19-47-39(50)31-17-16-29-32(37(31)41(47)52)22-33-40(51)48(46-35-18-11-26(44)20-34(35)45)42(53)43(33,25-9-12-27(54-2)13-10-25)38(29)30-15-14-28(21-36(30)49)55-23-24-7-5-4-6-8-24/h4-16,18,20-21,31-33,37-38,46,49H,3,17,19,22-23H2,1-2H3. The van der Waals surface area contributed by atoms with Gasteiger partial charge in [-0.2, -0.15) is 5.01 Å². The van der Waals surface area contributed by atoms with Gasteiger partial charge in [0, 0.05) is 29.1 Å². The highest BCUT2D eigenvalue weighted by Gasteiger charge is 2.70. The van der Waals surface area contributed by atoms with E-state index in [9.17, 15) is 19.5 Å². The van der Waals surface area contributed by atoms with Crippen molar-refractivity contribution in [2.45, 2.75) is 44.1 Å². The Balaban J connectivity index is 1.31. The van der Waals surface area contributed by atoms with Gasteiger partial charge in [0.2, 0.25) is 11.8 Å². The van der Waals surface area contributed by atoms with Crippen LogP contribution >= 0.6 is 23.2 Å². The Kier molecular flexibility index (Phi) is 9.59. The third kappa shape index (κ3) is 5.94. The van der Waals surface area contributed by atoms with E-state index in [0.29, 0.717) is 46.3 Å². The maximum absolute atomic E-state index is 15.5. The summed E-state index contributed by atoms with van der Waals surface area (Å²) in [6.45, 7) is 2.49. The quantitative estimate of drug-likeness (QED) is 0.124. The maximum Gasteiger partial charge on any atom is 0.260 e. The number of hydrazine groups is 1. The molecule has 4 aliphatic rings. The molecule has 2 N–H and O–H groups in total. The lowest BCUT2D eigenvalue weighted by Crippen LogP contribution is -2.53. The van der Waals surface area contributed by atoms with Crippen LogP contribution in [-0.4, -0.2) is 52.3 Å². The number of nitrogens with one attached hydrogen (secondary N) is 1. The first-order chi connectivity index (χ1) is 26.6. The molecule has 4 amide bonds. The number of fused-ring (bicyclic) bond motifs is 4. The number of anilines is 1. The largest absolute Gasteiger partial charge is 0.508 e. The second kappa shape index (κ2) is 14.4. The molecule has 2 aliphatic carbocycles. The number of hydrogen-bond acceptors (Lipinski definition) is 8. The van der Waals surface area contributed by atoms with Gasteiger partial charge in [-0.3, -0.25) is 29.5 Å². The molecule has 0 radical (unpaired) electrons. The minimum Gasteiger partial charge on any atom is -0.508 e. The molecule has 55 heavy (non-hydrogen) atoms. The van der Waals surface area contributed by atoms with E-state index in [1.165, 1.54) is 17.0 Å². The van der Waals surface area contributed by atoms with E-state index in [0.717, 1.165) is 16.1 Å². The first kappa shape index (κ1) is 36.6. The molecular weight excluding hydrogens is 741 g/mol. The number of rotatable bonds is 10. The molecule has 0 aromatic heterocycles. The molecule has 282 valence electrons. The van der Waals surface area contributed by atoms with E-state index in [-0.39, 0.29) is 42.0 Å². The van der Waals surface area contributed by atoms with Crippen molar-refractivity contribution >= 4 is 52.5 Å². The van der Waals surface area contributed by atoms with E-state index in [1.807, 2.05) is 43.3 Å². The summed E-state index contributed by atoms with van der Waals surface area (Å²) in [5.41, 5.74) is 4.26. The van der Waals surface area contributed by atoms with Crippen molar-refractivity contribution in [2.24, 2.45) is 23.7 Å². The molecule has 1 saturated carbocycles. The molecule has 12 heteroatoms. The number of aromatic hydroxyl groups is 1. The second-order valence-electron chi connectivity index (χ2n) is 14.5. The number of imide groups is 2. The Morgan fingerprint density at radius 1 is 0.873 bits per heavy atom. The van der Waals surface area contributed by atoms with Gasteiger partial charge in [-0.1, -0.05) is 90.3 Å². The molecule has 4 aromatic rings. The second-order valence-corrected chi connectivity index (χ2v) is 15.4. The summed E-state index contributed by atoms with van der Waals surface area (Å²) < 4.78 is 11.5. The summed E-state index contributed by atoms with van der Waals surface area (Å²) in [5.74, 6) is -4.57. The predicted molar refractivity (Wildman–Crippen MR) is 207 cm³/mol. The molecule has 2 heterocycles. The first-order valence-corrected chi connectivity index (χ1v) is 19.1. The van der Waals surface area contributed by atoms with Crippen LogP contribution in [0.15, 0.2) is 103 Å². The highest BCUT2D eigenvalue weighted by Crippen LogP contribution is 2.65. The Hall–Kier alpha value is -5.32. The average molecular weight is 781 g/mol. The summed E-state index contributed by atoms with van der Waals surface area (Å²) in [4.78, 5) is 59.6. The van der Waals surface area contributed by atoms with Crippen LogP contribution in [-0.2, 0) is 31.2 Å². The minimum atomic E-state index is -1.61. The number of methoxy groups -OCH3 is 1. The number of nitrogens with zero attached hydrogens (tertiary/aromatic N) is 2. The van der Waals surface area contributed by atoms with E-state index >= 15 is 4.79 Å². The predicted octanol–water partition coefficient (Wildman–Crippen LogP) is 7.68. The van der Waals surface area contributed by atoms with Crippen LogP contribution in [0, 0.1) is 23.7 Å². The van der Waals surface area contributed by atoms with Crippen LogP contribution in [0.25, 0.3) is 0 Å². The van der Waals surface area contributed by atoms with Crippen LogP contribution in [0.4, 0.5) is 5.69 Å². The van der Waals surface area contributed by atoms with Gasteiger partial charge in [-0.05, 0) is 72.7 Å². The van der Waals surface area contributed by atoms with Crippen molar-refractivity contribution < 1.29 is 33.8 Å². The normalized spacial score (nSPS) is 25.7. The molecule has 4 aromatic carbocycles. The van der Waals surface area contributed by atoms with Gasteiger partial charge in [0.05, 0.1) is 41.0 Å². The number of phenols is 1. The van der Waals surface area contributed by atoms with E-state index < -0.39 is 46.8 Å². The number of allylic oxidation sites excluding steroid dienone is 2. The van der Waals surface area contributed by atoms with Crippen LogP contribution in [0.3, 0.4) is 0 Å². The Bertz CT molecular complexity index is 2230. The topological polar surface area (TPSA) is 125 Å².